The van der Waals surface area contributed by atoms with Crippen LogP contribution in [0.3, 0.4) is 0 Å². The van der Waals surface area contributed by atoms with Crippen molar-refractivity contribution in [1.29, 1.82) is 0 Å². The summed E-state index contributed by atoms with van der Waals surface area (Å²) in [5.74, 6) is 2.02. The van der Waals surface area contributed by atoms with Gasteiger partial charge >= 0.3 is 0 Å². The summed E-state index contributed by atoms with van der Waals surface area (Å²) < 4.78 is 5.38. The Hall–Kier alpha value is -0.800. The van der Waals surface area contributed by atoms with Crippen molar-refractivity contribution in [1.82, 2.24) is 10.2 Å². The Morgan fingerprint density at radius 3 is 2.90 bits per heavy atom. The van der Waals surface area contributed by atoms with Gasteiger partial charge in [0.2, 0.25) is 0 Å². The lowest BCUT2D eigenvalue weighted by Crippen LogP contribution is -2.52. The summed E-state index contributed by atoms with van der Waals surface area (Å²) in [6.07, 6.45) is 10.3. The minimum absolute atomic E-state index is 0.673. The molecule has 1 aliphatic carbocycles. The van der Waals surface area contributed by atoms with E-state index in [1.807, 2.05) is 0 Å². The molecule has 2 heterocycles. The lowest BCUT2D eigenvalue weighted by Gasteiger charge is -2.41. The van der Waals surface area contributed by atoms with E-state index < -0.39 is 0 Å². The van der Waals surface area contributed by atoms with Crippen molar-refractivity contribution in [2.24, 2.45) is 5.92 Å². The quantitative estimate of drug-likeness (QED) is 0.914. The van der Waals surface area contributed by atoms with Gasteiger partial charge in [0, 0.05) is 30.7 Å². The van der Waals surface area contributed by atoms with Crippen LogP contribution in [-0.2, 0) is 6.54 Å². The smallest absolute Gasteiger partial charge is 0.105 e. The topological polar surface area (TPSA) is 28.4 Å². The van der Waals surface area contributed by atoms with Crippen molar-refractivity contribution in [3.63, 3.8) is 0 Å². The molecule has 0 bridgehead atoms. The minimum atomic E-state index is 0.673. The van der Waals surface area contributed by atoms with E-state index in [1.54, 1.807) is 6.26 Å². The number of hydrogen-bond acceptors (Lipinski definition) is 3. The summed E-state index contributed by atoms with van der Waals surface area (Å²) in [6.45, 7) is 4.19. The fraction of sp³-hybridized carbons (Fsp3) is 0.765. The SMILES string of the molecule is Cc1occc1CN(C)CC1CCC2CCCCC2N1. The first kappa shape index (κ1) is 14.2. The van der Waals surface area contributed by atoms with Gasteiger partial charge < -0.3 is 14.6 Å². The first-order valence-corrected chi connectivity index (χ1v) is 8.20. The number of rotatable bonds is 4. The van der Waals surface area contributed by atoms with Crippen molar-refractivity contribution in [3.8, 4) is 0 Å². The molecule has 3 nitrogen and oxygen atoms in total. The van der Waals surface area contributed by atoms with Crippen molar-refractivity contribution < 1.29 is 4.42 Å². The highest BCUT2D eigenvalue weighted by Gasteiger charge is 2.31. The number of hydrogen-bond donors (Lipinski definition) is 1. The van der Waals surface area contributed by atoms with Gasteiger partial charge in [0.25, 0.3) is 0 Å². The van der Waals surface area contributed by atoms with Crippen LogP contribution >= 0.6 is 0 Å². The molecule has 0 aromatic carbocycles. The Labute approximate surface area is 122 Å². The third kappa shape index (κ3) is 3.26. The number of furan rings is 1. The Balaban J connectivity index is 1.49. The van der Waals surface area contributed by atoms with Crippen molar-refractivity contribution >= 4 is 0 Å². The second-order valence-corrected chi connectivity index (χ2v) is 6.79. The minimum Gasteiger partial charge on any atom is -0.469 e. The molecule has 1 aromatic rings. The van der Waals surface area contributed by atoms with Crippen LogP contribution in [0.1, 0.15) is 49.8 Å². The molecule has 3 atom stereocenters. The summed E-state index contributed by atoms with van der Waals surface area (Å²) in [7, 11) is 2.22. The van der Waals surface area contributed by atoms with Gasteiger partial charge in [-0.1, -0.05) is 12.8 Å². The van der Waals surface area contributed by atoms with Crippen LogP contribution < -0.4 is 5.32 Å². The molecular weight excluding hydrogens is 248 g/mol. The van der Waals surface area contributed by atoms with Crippen LogP contribution in [0.15, 0.2) is 16.7 Å². The van der Waals surface area contributed by atoms with Crippen LogP contribution in [0.5, 0.6) is 0 Å². The summed E-state index contributed by atoms with van der Waals surface area (Å²) in [4.78, 5) is 2.43. The van der Waals surface area contributed by atoms with E-state index in [9.17, 15) is 0 Å². The normalized spacial score (nSPS) is 30.4. The molecule has 112 valence electrons. The summed E-state index contributed by atoms with van der Waals surface area (Å²) in [5.41, 5.74) is 1.32. The third-order valence-corrected chi connectivity index (χ3v) is 5.18. The monoisotopic (exact) mass is 276 g/mol. The highest BCUT2D eigenvalue weighted by Crippen LogP contribution is 2.32. The Morgan fingerprint density at radius 2 is 2.10 bits per heavy atom. The van der Waals surface area contributed by atoms with Gasteiger partial charge in [-0.2, -0.15) is 0 Å². The molecule has 2 aliphatic rings. The third-order valence-electron chi connectivity index (χ3n) is 5.18. The fourth-order valence-electron chi connectivity index (χ4n) is 4.02. The highest BCUT2D eigenvalue weighted by atomic mass is 16.3. The molecule has 20 heavy (non-hydrogen) atoms. The van der Waals surface area contributed by atoms with Crippen molar-refractivity contribution in [3.05, 3.63) is 23.7 Å². The molecule has 1 aromatic heterocycles. The van der Waals surface area contributed by atoms with Gasteiger partial charge in [-0.3, -0.25) is 0 Å². The zero-order valence-corrected chi connectivity index (χ0v) is 12.9. The molecule has 0 radical (unpaired) electrons. The van der Waals surface area contributed by atoms with E-state index in [1.165, 1.54) is 44.1 Å². The first-order valence-electron chi connectivity index (χ1n) is 8.20. The van der Waals surface area contributed by atoms with Crippen LogP contribution in [0, 0.1) is 12.8 Å². The number of fused-ring (bicyclic) bond motifs is 1. The predicted octanol–water partition coefficient (Wildman–Crippen LogP) is 3.33. The Morgan fingerprint density at radius 1 is 1.25 bits per heavy atom. The summed E-state index contributed by atoms with van der Waals surface area (Å²) >= 11 is 0. The van der Waals surface area contributed by atoms with E-state index >= 15 is 0 Å². The lowest BCUT2D eigenvalue weighted by atomic mass is 9.78. The van der Waals surface area contributed by atoms with Crippen LogP contribution in [0.4, 0.5) is 0 Å². The lowest BCUT2D eigenvalue weighted by molar-refractivity contribution is 0.151. The van der Waals surface area contributed by atoms with Gasteiger partial charge in [-0.25, -0.2) is 0 Å². The van der Waals surface area contributed by atoms with E-state index in [4.69, 9.17) is 4.42 Å². The Bertz CT molecular complexity index is 428. The first-order chi connectivity index (χ1) is 9.72. The molecule has 1 N–H and O–H groups in total. The van der Waals surface area contributed by atoms with E-state index in [0.29, 0.717) is 6.04 Å². The molecule has 3 unspecified atom stereocenters. The zero-order chi connectivity index (χ0) is 13.9. The number of likely N-dealkylation sites (N-methyl/N-ethyl adjacent to an activating group) is 1. The van der Waals surface area contributed by atoms with Crippen LogP contribution in [0.2, 0.25) is 0 Å². The molecule has 1 aliphatic heterocycles. The van der Waals surface area contributed by atoms with Gasteiger partial charge in [0.1, 0.15) is 5.76 Å². The number of aryl methyl sites for hydroxylation is 1. The second-order valence-electron chi connectivity index (χ2n) is 6.79. The van der Waals surface area contributed by atoms with Crippen molar-refractivity contribution in [2.45, 2.75) is 64.1 Å². The average Bonchev–Trinajstić information content (AvgIpc) is 2.84. The number of piperidine rings is 1. The number of nitrogens with zero attached hydrogens (tertiary/aromatic N) is 1. The fourth-order valence-corrected chi connectivity index (χ4v) is 4.02. The molecule has 0 amide bonds. The maximum atomic E-state index is 5.38. The van der Waals surface area contributed by atoms with Gasteiger partial charge in [-0.05, 0) is 51.6 Å². The van der Waals surface area contributed by atoms with Gasteiger partial charge in [0.05, 0.1) is 6.26 Å². The second kappa shape index (κ2) is 6.31. The molecular formula is C17H28N2O. The van der Waals surface area contributed by atoms with Crippen molar-refractivity contribution in [2.75, 3.05) is 13.6 Å². The maximum absolute atomic E-state index is 5.38. The van der Waals surface area contributed by atoms with E-state index in [2.05, 4.69) is 30.3 Å². The molecule has 3 rings (SSSR count). The molecule has 2 fully saturated rings. The summed E-state index contributed by atoms with van der Waals surface area (Å²) in [6, 6.07) is 3.57. The molecule has 3 heteroatoms. The number of nitrogens with one attached hydrogen (secondary N) is 1. The average molecular weight is 276 g/mol. The summed E-state index contributed by atoms with van der Waals surface area (Å²) in [5, 5.41) is 3.92. The largest absolute Gasteiger partial charge is 0.469 e. The molecule has 1 saturated heterocycles. The van der Waals surface area contributed by atoms with E-state index in [0.717, 1.165) is 30.8 Å². The van der Waals surface area contributed by atoms with Gasteiger partial charge in [0.15, 0.2) is 0 Å². The standard InChI is InChI=1S/C17H28N2O/c1-13-15(9-10-20-13)11-19(2)12-16-8-7-14-5-3-4-6-17(14)18-16/h9-10,14,16-18H,3-8,11-12H2,1-2H3. The van der Waals surface area contributed by atoms with Gasteiger partial charge in [-0.15, -0.1) is 0 Å². The van der Waals surface area contributed by atoms with E-state index in [-0.39, 0.29) is 0 Å². The maximum Gasteiger partial charge on any atom is 0.105 e. The van der Waals surface area contributed by atoms with Crippen LogP contribution in [-0.4, -0.2) is 30.6 Å². The van der Waals surface area contributed by atoms with Crippen LogP contribution in [0.25, 0.3) is 0 Å². The highest BCUT2D eigenvalue weighted by molar-refractivity contribution is 5.15. The molecule has 1 saturated carbocycles. The predicted molar refractivity (Wildman–Crippen MR) is 81.7 cm³/mol. The zero-order valence-electron chi connectivity index (χ0n) is 12.9. The molecule has 0 spiro atoms. The Kier molecular flexibility index (Phi) is 4.47.